The molecule has 1 aromatic carbocycles. The second-order valence-electron chi connectivity index (χ2n) is 6.55. The van der Waals surface area contributed by atoms with E-state index in [2.05, 4.69) is 15.6 Å². The Bertz CT molecular complexity index is 802. The Morgan fingerprint density at radius 1 is 1.19 bits per heavy atom. The quantitative estimate of drug-likeness (QED) is 0.842. The number of rotatable bonds is 5. The van der Waals surface area contributed by atoms with Crippen molar-refractivity contribution in [1.29, 1.82) is 0 Å². The average molecular weight is 368 g/mol. The van der Waals surface area contributed by atoms with Crippen LogP contribution in [0.25, 0.3) is 0 Å². The van der Waals surface area contributed by atoms with Gasteiger partial charge in [-0.3, -0.25) is 14.6 Å². The Hall–Kier alpha value is -3.09. The molecule has 0 saturated carbocycles. The third-order valence-corrected chi connectivity index (χ3v) is 4.93. The minimum atomic E-state index is -0.771. The van der Waals surface area contributed by atoms with Crippen LogP contribution in [0.4, 0.5) is 5.69 Å². The van der Waals surface area contributed by atoms with Crippen LogP contribution in [0.15, 0.2) is 48.8 Å². The molecule has 2 heterocycles. The van der Waals surface area contributed by atoms with E-state index in [1.807, 2.05) is 24.3 Å². The van der Waals surface area contributed by atoms with Crippen molar-refractivity contribution in [3.8, 4) is 5.75 Å². The molecule has 27 heavy (non-hydrogen) atoms. The lowest BCUT2D eigenvalue weighted by molar-refractivity contribution is -0.126. The van der Waals surface area contributed by atoms with Gasteiger partial charge in [0, 0.05) is 44.3 Å². The van der Waals surface area contributed by atoms with Gasteiger partial charge in [-0.25, -0.2) is 0 Å². The molecule has 1 saturated heterocycles. The molecule has 1 aliphatic rings. The number of piperidine rings is 1. The molecule has 7 nitrogen and oxygen atoms in total. The van der Waals surface area contributed by atoms with Crippen LogP contribution in [0.5, 0.6) is 5.75 Å². The number of benzene rings is 1. The van der Waals surface area contributed by atoms with Gasteiger partial charge in [0.15, 0.2) is 0 Å². The molecule has 2 aromatic rings. The maximum absolute atomic E-state index is 12.7. The fourth-order valence-electron chi connectivity index (χ4n) is 3.39. The topological polar surface area (TPSA) is 83.6 Å². The van der Waals surface area contributed by atoms with E-state index in [4.69, 9.17) is 4.74 Å². The molecule has 0 atom stereocenters. The summed E-state index contributed by atoms with van der Waals surface area (Å²) in [7, 11) is 3.24. The first kappa shape index (κ1) is 18.7. The summed E-state index contributed by atoms with van der Waals surface area (Å²) in [5.74, 6) is 0.574. The summed E-state index contributed by atoms with van der Waals surface area (Å²) >= 11 is 0. The highest BCUT2D eigenvalue weighted by atomic mass is 16.5. The molecule has 0 aliphatic carbocycles. The molecule has 2 N–H and O–H groups in total. The van der Waals surface area contributed by atoms with Gasteiger partial charge in [-0.1, -0.05) is 6.07 Å². The van der Waals surface area contributed by atoms with Crippen LogP contribution in [0.2, 0.25) is 0 Å². The zero-order chi connectivity index (χ0) is 19.3. The Balaban J connectivity index is 1.75. The van der Waals surface area contributed by atoms with E-state index in [9.17, 15) is 9.59 Å². The molecule has 0 spiro atoms. The molecule has 1 aliphatic heterocycles. The third kappa shape index (κ3) is 4.02. The molecule has 1 fully saturated rings. The van der Waals surface area contributed by atoms with Crippen molar-refractivity contribution >= 4 is 17.5 Å². The highest BCUT2D eigenvalue weighted by molar-refractivity contribution is 5.95. The molecule has 0 bridgehead atoms. The summed E-state index contributed by atoms with van der Waals surface area (Å²) in [6.07, 6.45) is 4.23. The van der Waals surface area contributed by atoms with Crippen molar-refractivity contribution in [2.45, 2.75) is 18.4 Å². The maximum Gasteiger partial charge on any atom is 0.255 e. The fraction of sp³-hybridized carbons (Fsp3) is 0.350. The molecule has 3 rings (SSSR count). The smallest absolute Gasteiger partial charge is 0.255 e. The van der Waals surface area contributed by atoms with Gasteiger partial charge in [-0.15, -0.1) is 0 Å². The number of amides is 2. The van der Waals surface area contributed by atoms with Crippen molar-refractivity contribution in [3.05, 3.63) is 54.4 Å². The number of carbonyl (C=O) groups excluding carboxylic acids is 2. The molecular formula is C20H24N4O3. The predicted molar refractivity (Wildman–Crippen MR) is 103 cm³/mol. The van der Waals surface area contributed by atoms with Gasteiger partial charge in [-0.05, 0) is 37.1 Å². The highest BCUT2D eigenvalue weighted by Gasteiger charge is 2.42. The van der Waals surface area contributed by atoms with Crippen LogP contribution in [-0.2, 0) is 4.79 Å². The normalized spacial score (nSPS) is 15.7. The van der Waals surface area contributed by atoms with E-state index in [0.717, 1.165) is 11.4 Å². The Morgan fingerprint density at radius 3 is 2.59 bits per heavy atom. The average Bonchev–Trinajstić information content (AvgIpc) is 2.74. The van der Waals surface area contributed by atoms with Gasteiger partial charge in [0.05, 0.1) is 12.7 Å². The van der Waals surface area contributed by atoms with Crippen molar-refractivity contribution in [3.63, 3.8) is 0 Å². The molecule has 7 heteroatoms. The summed E-state index contributed by atoms with van der Waals surface area (Å²) in [5.41, 5.74) is 0.600. The number of pyridine rings is 1. The van der Waals surface area contributed by atoms with Gasteiger partial charge in [0.1, 0.15) is 11.3 Å². The van der Waals surface area contributed by atoms with E-state index in [1.54, 1.807) is 43.6 Å². The number of aromatic nitrogens is 1. The van der Waals surface area contributed by atoms with Gasteiger partial charge < -0.3 is 20.3 Å². The zero-order valence-electron chi connectivity index (χ0n) is 15.6. The monoisotopic (exact) mass is 368 g/mol. The first-order valence-corrected chi connectivity index (χ1v) is 8.92. The Kier molecular flexibility index (Phi) is 5.59. The number of hydrogen-bond acceptors (Lipinski definition) is 5. The van der Waals surface area contributed by atoms with E-state index < -0.39 is 5.54 Å². The number of ether oxygens (including phenoxy) is 1. The maximum atomic E-state index is 12.7. The largest absolute Gasteiger partial charge is 0.497 e. The van der Waals surface area contributed by atoms with E-state index in [-0.39, 0.29) is 11.8 Å². The lowest BCUT2D eigenvalue weighted by atomic mass is 9.85. The SMILES string of the molecule is CNC(=O)C1(Nc2cccc(OC)c2)CCN(C(=O)c2cccnc2)CC1. The van der Waals surface area contributed by atoms with E-state index in [0.29, 0.717) is 31.5 Å². The molecule has 2 amide bonds. The molecule has 1 aromatic heterocycles. The second kappa shape index (κ2) is 8.07. The number of likely N-dealkylation sites (N-methyl/N-ethyl adjacent to an activating group) is 1. The number of methoxy groups -OCH3 is 1. The van der Waals surface area contributed by atoms with Crippen LogP contribution in [0.1, 0.15) is 23.2 Å². The number of hydrogen-bond donors (Lipinski definition) is 2. The number of anilines is 1. The van der Waals surface area contributed by atoms with Crippen molar-refractivity contribution in [1.82, 2.24) is 15.2 Å². The van der Waals surface area contributed by atoms with Gasteiger partial charge in [0.25, 0.3) is 5.91 Å². The summed E-state index contributed by atoms with van der Waals surface area (Å²) in [5, 5.41) is 6.13. The molecule has 0 radical (unpaired) electrons. The minimum Gasteiger partial charge on any atom is -0.497 e. The van der Waals surface area contributed by atoms with Crippen LogP contribution in [-0.4, -0.2) is 54.5 Å². The van der Waals surface area contributed by atoms with Gasteiger partial charge >= 0.3 is 0 Å². The van der Waals surface area contributed by atoms with Crippen LogP contribution >= 0.6 is 0 Å². The lowest BCUT2D eigenvalue weighted by Crippen LogP contribution is -2.58. The van der Waals surface area contributed by atoms with Crippen LogP contribution < -0.4 is 15.4 Å². The van der Waals surface area contributed by atoms with Crippen molar-refractivity contribution < 1.29 is 14.3 Å². The van der Waals surface area contributed by atoms with E-state index >= 15 is 0 Å². The molecule has 0 unspecified atom stereocenters. The number of carbonyl (C=O) groups is 2. The Morgan fingerprint density at radius 2 is 1.96 bits per heavy atom. The molecular weight excluding hydrogens is 344 g/mol. The first-order valence-electron chi connectivity index (χ1n) is 8.92. The third-order valence-electron chi connectivity index (χ3n) is 4.93. The predicted octanol–water partition coefficient (Wildman–Crippen LogP) is 1.92. The lowest BCUT2D eigenvalue weighted by Gasteiger charge is -2.41. The second-order valence-corrected chi connectivity index (χ2v) is 6.55. The summed E-state index contributed by atoms with van der Waals surface area (Å²) in [4.78, 5) is 31.1. The van der Waals surface area contributed by atoms with Crippen molar-refractivity contribution in [2.75, 3.05) is 32.6 Å². The summed E-state index contributed by atoms with van der Waals surface area (Å²) in [6.45, 7) is 0.968. The zero-order valence-corrected chi connectivity index (χ0v) is 15.6. The summed E-state index contributed by atoms with van der Waals surface area (Å²) < 4.78 is 5.26. The van der Waals surface area contributed by atoms with E-state index in [1.165, 1.54) is 0 Å². The van der Waals surface area contributed by atoms with Gasteiger partial charge in [0.2, 0.25) is 5.91 Å². The van der Waals surface area contributed by atoms with Crippen molar-refractivity contribution in [2.24, 2.45) is 0 Å². The first-order chi connectivity index (χ1) is 13.1. The standard InChI is InChI=1S/C20H24N4O3/c1-21-19(26)20(23-16-6-3-7-17(13-16)27-2)8-11-24(12-9-20)18(25)15-5-4-10-22-14-15/h3-7,10,13-14,23H,8-9,11-12H2,1-2H3,(H,21,26). The van der Waals surface area contributed by atoms with Crippen LogP contribution in [0.3, 0.4) is 0 Å². The van der Waals surface area contributed by atoms with Gasteiger partial charge in [-0.2, -0.15) is 0 Å². The number of nitrogens with one attached hydrogen (secondary N) is 2. The summed E-state index contributed by atoms with van der Waals surface area (Å²) in [6, 6.07) is 11.0. The Labute approximate surface area is 158 Å². The number of likely N-dealkylation sites (tertiary alicyclic amines) is 1. The van der Waals surface area contributed by atoms with Crippen LogP contribution in [0, 0.1) is 0 Å². The highest BCUT2D eigenvalue weighted by Crippen LogP contribution is 2.29. The number of nitrogens with zero attached hydrogens (tertiary/aromatic N) is 2. The minimum absolute atomic E-state index is 0.0602. The fourth-order valence-corrected chi connectivity index (χ4v) is 3.39. The molecule has 142 valence electrons.